The Kier molecular flexibility index (Phi) is 2.35. The van der Waals surface area contributed by atoms with Crippen molar-refractivity contribution in [1.82, 2.24) is 10.9 Å². The molecule has 13 heavy (non-hydrogen) atoms. The van der Waals surface area contributed by atoms with Crippen molar-refractivity contribution in [2.45, 2.75) is 18.8 Å². The van der Waals surface area contributed by atoms with Gasteiger partial charge in [-0.1, -0.05) is 0 Å². The van der Waals surface area contributed by atoms with E-state index in [1.165, 1.54) is 0 Å². The first-order valence-electron chi connectivity index (χ1n) is 3.57. The lowest BCUT2D eigenvalue weighted by atomic mass is 9.81. The summed E-state index contributed by atoms with van der Waals surface area (Å²) in [5, 5.41) is 8.06. The van der Waals surface area contributed by atoms with E-state index in [9.17, 15) is 18.4 Å². The van der Waals surface area contributed by atoms with Crippen molar-refractivity contribution < 1.29 is 23.5 Å². The van der Waals surface area contributed by atoms with Gasteiger partial charge in [0, 0.05) is 12.8 Å². The predicted molar refractivity (Wildman–Crippen MR) is 37.0 cm³/mol. The SMILES string of the molecule is O=C(O)NNC(=O)C1CC(F)(F)C1. The van der Waals surface area contributed by atoms with Crippen molar-refractivity contribution in [2.24, 2.45) is 5.92 Å². The number of hydrogen-bond donors (Lipinski definition) is 3. The van der Waals surface area contributed by atoms with Crippen molar-refractivity contribution in [3.63, 3.8) is 0 Å². The topological polar surface area (TPSA) is 78.4 Å². The maximum absolute atomic E-state index is 12.2. The van der Waals surface area contributed by atoms with Crippen LogP contribution in [0.1, 0.15) is 12.8 Å². The third kappa shape index (κ3) is 2.53. The van der Waals surface area contributed by atoms with Crippen molar-refractivity contribution >= 4 is 12.0 Å². The zero-order valence-corrected chi connectivity index (χ0v) is 6.51. The Labute approximate surface area is 72.1 Å². The molecule has 0 unspecified atom stereocenters. The van der Waals surface area contributed by atoms with Gasteiger partial charge in [-0.25, -0.2) is 19.0 Å². The van der Waals surface area contributed by atoms with Crippen LogP contribution in [-0.4, -0.2) is 23.0 Å². The van der Waals surface area contributed by atoms with Crippen molar-refractivity contribution in [2.75, 3.05) is 0 Å². The van der Waals surface area contributed by atoms with Crippen LogP contribution in [0.3, 0.4) is 0 Å². The Bertz CT molecular complexity index is 236. The summed E-state index contributed by atoms with van der Waals surface area (Å²) < 4.78 is 24.5. The third-order valence-electron chi connectivity index (χ3n) is 1.75. The average Bonchev–Trinajstić information content (AvgIpc) is 1.95. The highest BCUT2D eigenvalue weighted by molar-refractivity contribution is 5.81. The number of nitrogens with one attached hydrogen (secondary N) is 2. The fourth-order valence-corrected chi connectivity index (χ4v) is 1.06. The minimum atomic E-state index is -2.77. The average molecular weight is 194 g/mol. The van der Waals surface area contributed by atoms with Gasteiger partial charge in [-0.15, -0.1) is 0 Å². The van der Waals surface area contributed by atoms with Gasteiger partial charge in [0.1, 0.15) is 0 Å². The van der Waals surface area contributed by atoms with E-state index >= 15 is 0 Å². The molecule has 3 N–H and O–H groups in total. The van der Waals surface area contributed by atoms with Crippen LogP contribution in [-0.2, 0) is 4.79 Å². The van der Waals surface area contributed by atoms with E-state index in [4.69, 9.17) is 5.11 Å². The summed E-state index contributed by atoms with van der Waals surface area (Å²) >= 11 is 0. The van der Waals surface area contributed by atoms with Crippen LogP contribution >= 0.6 is 0 Å². The molecule has 1 rings (SSSR count). The smallest absolute Gasteiger partial charge is 0.423 e. The van der Waals surface area contributed by atoms with E-state index in [2.05, 4.69) is 0 Å². The van der Waals surface area contributed by atoms with Crippen LogP contribution in [0.15, 0.2) is 0 Å². The van der Waals surface area contributed by atoms with E-state index in [0.29, 0.717) is 0 Å². The molecule has 0 aromatic heterocycles. The molecule has 0 bridgehead atoms. The summed E-state index contributed by atoms with van der Waals surface area (Å²) in [4.78, 5) is 20.7. The number of alkyl halides is 2. The maximum atomic E-state index is 12.2. The van der Waals surface area contributed by atoms with Gasteiger partial charge in [-0.05, 0) is 0 Å². The molecule has 0 radical (unpaired) electrons. The Morgan fingerprint density at radius 1 is 1.31 bits per heavy atom. The molecule has 2 amide bonds. The number of rotatable bonds is 1. The molecule has 0 spiro atoms. The molecule has 0 aromatic rings. The minimum absolute atomic E-state index is 0.514. The zero-order chi connectivity index (χ0) is 10.1. The molecule has 0 heterocycles. The lowest BCUT2D eigenvalue weighted by molar-refractivity contribution is -0.150. The van der Waals surface area contributed by atoms with Gasteiger partial charge in [0.25, 0.3) is 0 Å². The molecule has 0 saturated heterocycles. The fraction of sp³-hybridized carbons (Fsp3) is 0.667. The highest BCUT2D eigenvalue weighted by atomic mass is 19.3. The number of hydrazine groups is 1. The van der Waals surface area contributed by atoms with Crippen molar-refractivity contribution in [3.05, 3.63) is 0 Å². The Hall–Kier alpha value is -1.40. The van der Waals surface area contributed by atoms with Crippen LogP contribution in [0, 0.1) is 5.92 Å². The number of carbonyl (C=O) groups excluding carboxylic acids is 1. The molecule has 5 nitrogen and oxygen atoms in total. The molecular weight excluding hydrogens is 186 g/mol. The van der Waals surface area contributed by atoms with Crippen LogP contribution < -0.4 is 10.9 Å². The Balaban J connectivity index is 2.23. The monoisotopic (exact) mass is 194 g/mol. The number of carboxylic acid groups (broad SMARTS) is 1. The predicted octanol–water partition coefficient (Wildman–Crippen LogP) is 0.330. The second kappa shape index (κ2) is 3.15. The standard InChI is InChI=1S/C6H8F2N2O3/c7-6(8)1-3(2-6)4(11)9-10-5(12)13/h3,10H,1-2H2,(H,9,11)(H,12,13). The fourth-order valence-electron chi connectivity index (χ4n) is 1.06. The number of hydrogen-bond acceptors (Lipinski definition) is 2. The summed E-state index contributed by atoms with van der Waals surface area (Å²) in [6.07, 6.45) is -2.46. The third-order valence-corrected chi connectivity index (χ3v) is 1.75. The van der Waals surface area contributed by atoms with Gasteiger partial charge in [-0.3, -0.25) is 10.2 Å². The molecule has 1 aliphatic carbocycles. The highest BCUT2D eigenvalue weighted by Crippen LogP contribution is 2.42. The molecule has 1 aliphatic rings. The van der Waals surface area contributed by atoms with Gasteiger partial charge < -0.3 is 5.11 Å². The van der Waals surface area contributed by atoms with Crippen molar-refractivity contribution in [3.8, 4) is 0 Å². The van der Waals surface area contributed by atoms with Gasteiger partial charge in [-0.2, -0.15) is 0 Å². The summed E-state index contributed by atoms with van der Waals surface area (Å²) in [7, 11) is 0. The molecule has 0 aromatic carbocycles. The lowest BCUT2D eigenvalue weighted by Gasteiger charge is -2.33. The summed E-state index contributed by atoms with van der Waals surface area (Å²) in [6.45, 7) is 0. The maximum Gasteiger partial charge on any atom is 0.423 e. The highest BCUT2D eigenvalue weighted by Gasteiger charge is 2.48. The minimum Gasteiger partial charge on any atom is -0.464 e. The van der Waals surface area contributed by atoms with Gasteiger partial charge in [0.05, 0.1) is 5.92 Å². The second-order valence-corrected chi connectivity index (χ2v) is 2.88. The van der Waals surface area contributed by atoms with E-state index in [1.54, 1.807) is 10.9 Å². The Morgan fingerprint density at radius 3 is 2.23 bits per heavy atom. The van der Waals surface area contributed by atoms with Gasteiger partial charge >= 0.3 is 6.09 Å². The summed E-state index contributed by atoms with van der Waals surface area (Å²) in [6, 6.07) is 0. The summed E-state index contributed by atoms with van der Waals surface area (Å²) in [5.74, 6) is -4.28. The first kappa shape index (κ1) is 9.69. The van der Waals surface area contributed by atoms with Crippen LogP contribution in [0.5, 0.6) is 0 Å². The largest absolute Gasteiger partial charge is 0.464 e. The van der Waals surface area contributed by atoms with Gasteiger partial charge in [0.15, 0.2) is 0 Å². The summed E-state index contributed by atoms with van der Waals surface area (Å²) in [5.41, 5.74) is 3.39. The van der Waals surface area contributed by atoms with Crippen LogP contribution in [0.4, 0.5) is 13.6 Å². The molecule has 7 heteroatoms. The van der Waals surface area contributed by atoms with E-state index in [0.717, 1.165) is 0 Å². The van der Waals surface area contributed by atoms with Gasteiger partial charge in [0.2, 0.25) is 11.8 Å². The molecule has 74 valence electrons. The van der Waals surface area contributed by atoms with Crippen molar-refractivity contribution in [1.29, 1.82) is 0 Å². The first-order chi connectivity index (χ1) is 5.91. The van der Waals surface area contributed by atoms with E-state index in [-0.39, 0.29) is 0 Å². The molecule has 1 saturated carbocycles. The van der Waals surface area contributed by atoms with Crippen LogP contribution in [0.25, 0.3) is 0 Å². The number of halogens is 2. The second-order valence-electron chi connectivity index (χ2n) is 2.88. The normalized spacial score (nSPS) is 20.2. The van der Waals surface area contributed by atoms with E-state index in [1.807, 2.05) is 0 Å². The Morgan fingerprint density at radius 2 is 1.85 bits per heavy atom. The molecule has 0 aliphatic heterocycles. The van der Waals surface area contributed by atoms with E-state index < -0.39 is 36.7 Å². The molecule has 1 fully saturated rings. The zero-order valence-electron chi connectivity index (χ0n) is 6.51. The first-order valence-corrected chi connectivity index (χ1v) is 3.57. The molecular formula is C6H8F2N2O3. The van der Waals surface area contributed by atoms with Crippen LogP contribution in [0.2, 0.25) is 0 Å². The molecule has 0 atom stereocenters. The quantitative estimate of drug-likeness (QED) is 0.526. The number of carbonyl (C=O) groups is 2. The number of amides is 2. The lowest BCUT2D eigenvalue weighted by Crippen LogP contribution is -2.50.